The number of hydrogen-bond acceptors (Lipinski definition) is 4. The molecule has 7 heteroatoms. The van der Waals surface area contributed by atoms with Crippen LogP contribution < -0.4 is 4.74 Å². The van der Waals surface area contributed by atoms with Crippen LogP contribution in [0.5, 0.6) is 5.75 Å². The first-order chi connectivity index (χ1) is 13.9. The van der Waals surface area contributed by atoms with Crippen molar-refractivity contribution in [2.24, 2.45) is 0 Å². The molecule has 1 aromatic heterocycles. The van der Waals surface area contributed by atoms with Crippen LogP contribution in [0.2, 0.25) is 5.02 Å². The van der Waals surface area contributed by atoms with Crippen molar-refractivity contribution < 1.29 is 9.13 Å². The van der Waals surface area contributed by atoms with Crippen LogP contribution in [0.4, 0.5) is 4.39 Å². The molecule has 0 saturated carbocycles. The van der Waals surface area contributed by atoms with E-state index in [0.29, 0.717) is 18.1 Å². The number of thioether (sulfide) groups is 1. The summed E-state index contributed by atoms with van der Waals surface area (Å²) < 4.78 is 21.5. The maximum atomic E-state index is 13.4. The molecule has 0 aliphatic carbocycles. The molecular formula is C22H23ClFN3OS. The van der Waals surface area contributed by atoms with Crippen molar-refractivity contribution in [3.8, 4) is 5.75 Å². The molecule has 0 N–H and O–H groups in total. The van der Waals surface area contributed by atoms with Crippen LogP contribution in [-0.4, -0.2) is 14.8 Å². The smallest absolute Gasteiger partial charge is 0.191 e. The maximum Gasteiger partial charge on any atom is 0.191 e. The molecule has 29 heavy (non-hydrogen) atoms. The maximum absolute atomic E-state index is 13.4. The molecule has 0 aliphatic heterocycles. The summed E-state index contributed by atoms with van der Waals surface area (Å²) in [5.41, 5.74) is 2.82. The number of allylic oxidation sites excluding steroid dienone is 1. The lowest BCUT2D eigenvalue weighted by Gasteiger charge is -2.17. The van der Waals surface area contributed by atoms with Crippen LogP contribution in [0, 0.1) is 19.7 Å². The Balaban J connectivity index is 1.79. The van der Waals surface area contributed by atoms with Crippen LogP contribution in [-0.2, 0) is 12.3 Å². The third kappa shape index (κ3) is 5.19. The average Bonchev–Trinajstić information content (AvgIpc) is 3.07. The lowest BCUT2D eigenvalue weighted by Crippen LogP contribution is -2.12. The van der Waals surface area contributed by atoms with Gasteiger partial charge in [-0.05, 0) is 61.7 Å². The Morgan fingerprint density at radius 1 is 1.24 bits per heavy atom. The highest BCUT2D eigenvalue weighted by Gasteiger charge is 2.19. The van der Waals surface area contributed by atoms with E-state index >= 15 is 0 Å². The van der Waals surface area contributed by atoms with Gasteiger partial charge >= 0.3 is 0 Å². The topological polar surface area (TPSA) is 39.9 Å². The van der Waals surface area contributed by atoms with E-state index in [-0.39, 0.29) is 11.9 Å². The molecular weight excluding hydrogens is 409 g/mol. The lowest BCUT2D eigenvalue weighted by molar-refractivity contribution is 0.210. The molecule has 3 aromatic rings. The summed E-state index contributed by atoms with van der Waals surface area (Å²) in [5, 5.41) is 10.1. The third-order valence-electron chi connectivity index (χ3n) is 4.40. The third-order valence-corrected chi connectivity index (χ3v) is 6.03. The zero-order chi connectivity index (χ0) is 21.0. The number of aromatic nitrogens is 3. The van der Waals surface area contributed by atoms with Gasteiger partial charge in [0.2, 0.25) is 0 Å². The monoisotopic (exact) mass is 431 g/mol. The van der Waals surface area contributed by atoms with Gasteiger partial charge in [-0.1, -0.05) is 41.6 Å². The first-order valence-corrected chi connectivity index (χ1v) is 10.6. The summed E-state index contributed by atoms with van der Waals surface area (Å²) in [6, 6.07) is 10.4. The molecule has 0 radical (unpaired) electrons. The number of ether oxygens (including phenoxy) is 1. The van der Waals surface area contributed by atoms with E-state index in [1.165, 1.54) is 23.9 Å². The van der Waals surface area contributed by atoms with Crippen molar-refractivity contribution in [3.63, 3.8) is 0 Å². The molecule has 2 aromatic carbocycles. The molecule has 1 heterocycles. The largest absolute Gasteiger partial charge is 0.483 e. The van der Waals surface area contributed by atoms with Gasteiger partial charge in [0.05, 0.1) is 0 Å². The molecule has 3 rings (SSSR count). The molecule has 1 unspecified atom stereocenters. The van der Waals surface area contributed by atoms with E-state index < -0.39 is 0 Å². The Kier molecular flexibility index (Phi) is 6.98. The van der Waals surface area contributed by atoms with Gasteiger partial charge in [0.25, 0.3) is 0 Å². The van der Waals surface area contributed by atoms with Crippen LogP contribution in [0.15, 0.2) is 54.2 Å². The first-order valence-electron chi connectivity index (χ1n) is 9.23. The second-order valence-corrected chi connectivity index (χ2v) is 8.11. The van der Waals surface area contributed by atoms with Gasteiger partial charge in [0.15, 0.2) is 17.1 Å². The minimum Gasteiger partial charge on any atom is -0.483 e. The Morgan fingerprint density at radius 3 is 2.62 bits per heavy atom. The summed E-state index contributed by atoms with van der Waals surface area (Å²) in [4.78, 5) is 0. The zero-order valence-corrected chi connectivity index (χ0v) is 18.2. The highest BCUT2D eigenvalue weighted by atomic mass is 35.5. The van der Waals surface area contributed by atoms with E-state index in [9.17, 15) is 4.39 Å². The van der Waals surface area contributed by atoms with Gasteiger partial charge in [-0.15, -0.1) is 16.8 Å². The molecule has 0 spiro atoms. The normalized spacial score (nSPS) is 12.0. The Hall–Kier alpha value is -2.31. The SMILES string of the molecule is C=CCn1c(SCc2cccc(F)c2)nnc1C(C)Oc1cc(C)c(Cl)c(C)c1. The first kappa shape index (κ1) is 21.4. The van der Waals surface area contributed by atoms with E-state index in [0.717, 1.165) is 32.6 Å². The number of rotatable bonds is 8. The summed E-state index contributed by atoms with van der Waals surface area (Å²) in [5.74, 6) is 1.79. The predicted octanol–water partition coefficient (Wildman–Crippen LogP) is 6.31. The fourth-order valence-corrected chi connectivity index (χ4v) is 4.02. The summed E-state index contributed by atoms with van der Waals surface area (Å²) >= 11 is 7.75. The van der Waals surface area contributed by atoms with Gasteiger partial charge in [-0.25, -0.2) is 4.39 Å². The Bertz CT molecular complexity index is 998. The number of halogens is 2. The van der Waals surface area contributed by atoms with E-state index in [1.807, 2.05) is 43.5 Å². The second kappa shape index (κ2) is 9.46. The highest BCUT2D eigenvalue weighted by molar-refractivity contribution is 7.98. The van der Waals surface area contributed by atoms with Crippen LogP contribution in [0.25, 0.3) is 0 Å². The minimum atomic E-state index is -0.314. The summed E-state index contributed by atoms with van der Waals surface area (Å²) in [6.45, 7) is 10.2. The number of aryl methyl sites for hydroxylation is 2. The quantitative estimate of drug-likeness (QED) is 0.309. The number of hydrogen-bond donors (Lipinski definition) is 0. The Morgan fingerprint density at radius 2 is 1.97 bits per heavy atom. The molecule has 0 fully saturated rings. The van der Waals surface area contributed by atoms with Gasteiger partial charge in [-0.2, -0.15) is 0 Å². The lowest BCUT2D eigenvalue weighted by atomic mass is 10.1. The highest BCUT2D eigenvalue weighted by Crippen LogP contribution is 2.30. The zero-order valence-electron chi connectivity index (χ0n) is 16.7. The van der Waals surface area contributed by atoms with E-state index in [2.05, 4.69) is 16.8 Å². The minimum absolute atomic E-state index is 0.244. The summed E-state index contributed by atoms with van der Waals surface area (Å²) in [6.07, 6.45) is 1.48. The van der Waals surface area contributed by atoms with Gasteiger partial charge in [-0.3, -0.25) is 4.57 Å². The Labute approximate surface area is 179 Å². The number of nitrogens with zero attached hydrogens (tertiary/aromatic N) is 3. The van der Waals surface area contributed by atoms with E-state index in [1.54, 1.807) is 12.1 Å². The molecule has 0 amide bonds. The van der Waals surface area contributed by atoms with Crippen LogP contribution >= 0.6 is 23.4 Å². The van der Waals surface area contributed by atoms with Crippen molar-refractivity contribution in [2.45, 2.75) is 44.3 Å². The molecule has 0 aliphatic rings. The van der Waals surface area contributed by atoms with Crippen molar-refractivity contribution in [1.82, 2.24) is 14.8 Å². The van der Waals surface area contributed by atoms with E-state index in [4.69, 9.17) is 16.3 Å². The molecule has 4 nitrogen and oxygen atoms in total. The second-order valence-electron chi connectivity index (χ2n) is 6.79. The molecule has 0 saturated heterocycles. The van der Waals surface area contributed by atoms with Crippen LogP contribution in [0.3, 0.4) is 0 Å². The van der Waals surface area contributed by atoms with Gasteiger partial charge < -0.3 is 4.74 Å². The fraction of sp³-hybridized carbons (Fsp3) is 0.273. The van der Waals surface area contributed by atoms with Crippen molar-refractivity contribution in [1.29, 1.82) is 0 Å². The number of benzene rings is 2. The van der Waals surface area contributed by atoms with Crippen LogP contribution in [0.1, 0.15) is 35.5 Å². The summed E-state index contributed by atoms with van der Waals surface area (Å²) in [7, 11) is 0. The average molecular weight is 432 g/mol. The van der Waals surface area contributed by atoms with Gasteiger partial charge in [0, 0.05) is 17.3 Å². The molecule has 1 atom stereocenters. The molecule has 0 bridgehead atoms. The standard InChI is InChI=1S/C22H23ClFN3OS/c1-5-9-27-21(16(4)28-19-10-14(2)20(23)15(3)11-19)25-26-22(27)29-13-17-7-6-8-18(24)12-17/h5-8,10-12,16H,1,9,13H2,2-4H3. The van der Waals surface area contributed by atoms with Crippen molar-refractivity contribution in [3.05, 3.63) is 82.4 Å². The van der Waals surface area contributed by atoms with Crippen molar-refractivity contribution in [2.75, 3.05) is 0 Å². The van der Waals surface area contributed by atoms with Crippen molar-refractivity contribution >= 4 is 23.4 Å². The fourth-order valence-electron chi connectivity index (χ4n) is 3.01. The van der Waals surface area contributed by atoms with Gasteiger partial charge in [0.1, 0.15) is 11.6 Å². The predicted molar refractivity (Wildman–Crippen MR) is 116 cm³/mol. The molecule has 152 valence electrons.